The van der Waals surface area contributed by atoms with Crippen molar-refractivity contribution in [3.63, 3.8) is 0 Å². The molecular formula is C8H9ClN4O. The van der Waals surface area contributed by atoms with Crippen LogP contribution in [0.3, 0.4) is 0 Å². The van der Waals surface area contributed by atoms with E-state index in [1.807, 2.05) is 0 Å². The Hall–Kier alpha value is -1.46. The Morgan fingerprint density at radius 1 is 1.71 bits per heavy atom. The number of amides is 1. The summed E-state index contributed by atoms with van der Waals surface area (Å²) in [7, 11) is 0. The lowest BCUT2D eigenvalue weighted by molar-refractivity contribution is -0.112. The van der Waals surface area contributed by atoms with E-state index < -0.39 is 0 Å². The number of halogens is 1. The lowest BCUT2D eigenvalue weighted by atomic mass is 10.5. The van der Waals surface area contributed by atoms with Gasteiger partial charge in [-0.05, 0) is 6.07 Å². The van der Waals surface area contributed by atoms with Crippen molar-refractivity contribution < 1.29 is 4.79 Å². The summed E-state index contributed by atoms with van der Waals surface area (Å²) >= 11 is 5.59. The van der Waals surface area contributed by atoms with Crippen LogP contribution in [0.2, 0.25) is 5.15 Å². The molecule has 5 nitrogen and oxygen atoms in total. The molecule has 0 aromatic carbocycles. The van der Waals surface area contributed by atoms with Gasteiger partial charge in [-0.15, -0.1) is 0 Å². The van der Waals surface area contributed by atoms with Crippen molar-refractivity contribution >= 4 is 23.5 Å². The van der Waals surface area contributed by atoms with Crippen molar-refractivity contribution in [1.29, 1.82) is 0 Å². The summed E-state index contributed by atoms with van der Waals surface area (Å²) in [4.78, 5) is 18.7. The molecule has 74 valence electrons. The number of nitrogens with two attached hydrogens (primary N) is 1. The third-order valence-electron chi connectivity index (χ3n) is 1.26. The van der Waals surface area contributed by atoms with Crippen LogP contribution in [0.1, 0.15) is 0 Å². The number of nitrogens with zero attached hydrogens (tertiary/aromatic N) is 2. The predicted molar refractivity (Wildman–Crippen MR) is 53.9 cm³/mol. The molecule has 0 aliphatic heterocycles. The van der Waals surface area contributed by atoms with Crippen molar-refractivity contribution in [2.75, 3.05) is 11.9 Å². The number of carbonyl (C=O) groups is 1. The SMILES string of the molecule is NC/C=C/C(=O)Nc1nccc(Cl)n1. The minimum absolute atomic E-state index is 0.171. The largest absolute Gasteiger partial charge is 0.327 e. The third kappa shape index (κ3) is 3.51. The zero-order valence-electron chi connectivity index (χ0n) is 7.27. The van der Waals surface area contributed by atoms with Crippen molar-refractivity contribution in [1.82, 2.24) is 9.97 Å². The van der Waals surface area contributed by atoms with E-state index >= 15 is 0 Å². The molecular weight excluding hydrogens is 204 g/mol. The zero-order valence-corrected chi connectivity index (χ0v) is 8.03. The van der Waals surface area contributed by atoms with Gasteiger partial charge >= 0.3 is 0 Å². The van der Waals surface area contributed by atoms with Crippen LogP contribution in [0.15, 0.2) is 24.4 Å². The van der Waals surface area contributed by atoms with E-state index in [0.717, 1.165) is 0 Å². The van der Waals surface area contributed by atoms with Crippen molar-refractivity contribution in [2.24, 2.45) is 5.73 Å². The Labute approximate surface area is 86.0 Å². The Kier molecular flexibility index (Phi) is 4.03. The number of rotatable bonds is 3. The molecule has 1 aromatic heterocycles. The highest BCUT2D eigenvalue weighted by Gasteiger charge is 2.00. The summed E-state index contributed by atoms with van der Waals surface area (Å²) in [5.41, 5.74) is 5.18. The summed E-state index contributed by atoms with van der Waals surface area (Å²) in [6, 6.07) is 1.52. The quantitative estimate of drug-likeness (QED) is 0.568. The highest BCUT2D eigenvalue weighted by atomic mass is 35.5. The summed E-state index contributed by atoms with van der Waals surface area (Å²) in [6.45, 7) is 0.309. The van der Waals surface area contributed by atoms with Gasteiger partial charge in [-0.3, -0.25) is 10.1 Å². The topological polar surface area (TPSA) is 80.9 Å². The molecule has 1 amide bonds. The normalized spacial score (nSPS) is 10.4. The molecule has 1 heterocycles. The molecule has 0 aliphatic carbocycles. The van der Waals surface area contributed by atoms with E-state index in [1.54, 1.807) is 0 Å². The van der Waals surface area contributed by atoms with Gasteiger partial charge in [0, 0.05) is 18.8 Å². The molecule has 0 aliphatic rings. The van der Waals surface area contributed by atoms with Crippen LogP contribution in [0, 0.1) is 0 Å². The first-order chi connectivity index (χ1) is 6.72. The Balaban J connectivity index is 2.60. The van der Waals surface area contributed by atoms with Crippen LogP contribution in [0.4, 0.5) is 5.95 Å². The van der Waals surface area contributed by atoms with Crippen LogP contribution < -0.4 is 11.1 Å². The van der Waals surface area contributed by atoms with Gasteiger partial charge < -0.3 is 5.73 Å². The molecule has 0 saturated heterocycles. The van der Waals surface area contributed by atoms with Crippen LogP contribution in [-0.2, 0) is 4.79 Å². The van der Waals surface area contributed by atoms with E-state index in [-0.39, 0.29) is 17.0 Å². The van der Waals surface area contributed by atoms with Crippen molar-refractivity contribution in [3.8, 4) is 0 Å². The van der Waals surface area contributed by atoms with Gasteiger partial charge in [0.15, 0.2) is 0 Å². The average Bonchev–Trinajstić information content (AvgIpc) is 2.15. The van der Waals surface area contributed by atoms with Crippen LogP contribution in [-0.4, -0.2) is 22.4 Å². The number of hydrogen-bond donors (Lipinski definition) is 2. The van der Waals surface area contributed by atoms with Gasteiger partial charge in [-0.25, -0.2) is 9.97 Å². The molecule has 3 N–H and O–H groups in total. The van der Waals surface area contributed by atoms with Gasteiger partial charge in [0.05, 0.1) is 0 Å². The number of nitrogens with one attached hydrogen (secondary N) is 1. The fraction of sp³-hybridized carbons (Fsp3) is 0.125. The second-order valence-electron chi connectivity index (χ2n) is 2.33. The molecule has 1 rings (SSSR count). The smallest absolute Gasteiger partial charge is 0.250 e. The molecule has 1 aromatic rings. The van der Waals surface area contributed by atoms with E-state index in [9.17, 15) is 4.79 Å². The number of aromatic nitrogens is 2. The Bertz CT molecular complexity index is 353. The van der Waals surface area contributed by atoms with Gasteiger partial charge in [-0.2, -0.15) is 0 Å². The van der Waals surface area contributed by atoms with Crippen LogP contribution >= 0.6 is 11.6 Å². The fourth-order valence-electron chi connectivity index (χ4n) is 0.724. The molecule has 6 heteroatoms. The summed E-state index contributed by atoms with van der Waals surface area (Å²) in [5.74, 6) is -0.165. The maximum Gasteiger partial charge on any atom is 0.250 e. The second kappa shape index (κ2) is 5.31. The number of hydrogen-bond acceptors (Lipinski definition) is 4. The third-order valence-corrected chi connectivity index (χ3v) is 1.47. The van der Waals surface area contributed by atoms with Crippen molar-refractivity contribution in [2.45, 2.75) is 0 Å². The molecule has 0 saturated carbocycles. The first-order valence-corrected chi connectivity index (χ1v) is 4.26. The highest BCUT2D eigenvalue weighted by Crippen LogP contribution is 2.05. The lowest BCUT2D eigenvalue weighted by Crippen LogP contribution is -2.11. The standard InChI is InChI=1S/C8H9ClN4O/c9-6-3-5-11-8(12-6)13-7(14)2-1-4-10/h1-3,5H,4,10H2,(H,11,12,13,14)/b2-1+. The number of carbonyl (C=O) groups excluding carboxylic acids is 1. The first-order valence-electron chi connectivity index (χ1n) is 3.88. The zero-order chi connectivity index (χ0) is 10.4. The highest BCUT2D eigenvalue weighted by molar-refractivity contribution is 6.29. The van der Waals surface area contributed by atoms with E-state index in [2.05, 4.69) is 15.3 Å². The van der Waals surface area contributed by atoms with E-state index in [0.29, 0.717) is 6.54 Å². The van der Waals surface area contributed by atoms with Gasteiger partial charge in [0.1, 0.15) is 5.15 Å². The molecule has 0 fully saturated rings. The maximum atomic E-state index is 11.1. The molecule has 14 heavy (non-hydrogen) atoms. The Morgan fingerprint density at radius 3 is 3.14 bits per heavy atom. The average molecular weight is 213 g/mol. The minimum Gasteiger partial charge on any atom is -0.327 e. The monoisotopic (exact) mass is 212 g/mol. The molecule has 0 radical (unpaired) electrons. The van der Waals surface area contributed by atoms with E-state index in [1.165, 1.54) is 24.4 Å². The molecule has 0 atom stereocenters. The minimum atomic E-state index is -0.335. The molecule has 0 unspecified atom stereocenters. The summed E-state index contributed by atoms with van der Waals surface area (Å²) in [5, 5.41) is 2.71. The number of anilines is 1. The maximum absolute atomic E-state index is 11.1. The Morgan fingerprint density at radius 2 is 2.50 bits per heavy atom. The van der Waals surface area contributed by atoms with Gasteiger partial charge in [-0.1, -0.05) is 17.7 Å². The lowest BCUT2D eigenvalue weighted by Gasteiger charge is -1.98. The van der Waals surface area contributed by atoms with Crippen LogP contribution in [0.5, 0.6) is 0 Å². The first kappa shape index (κ1) is 10.6. The predicted octanol–water partition coefficient (Wildman–Crippen LogP) is 0.583. The molecule has 0 spiro atoms. The van der Waals surface area contributed by atoms with Crippen LogP contribution in [0.25, 0.3) is 0 Å². The van der Waals surface area contributed by atoms with Crippen molar-refractivity contribution in [3.05, 3.63) is 29.6 Å². The summed E-state index contributed by atoms with van der Waals surface area (Å²) < 4.78 is 0. The summed E-state index contributed by atoms with van der Waals surface area (Å²) in [6.07, 6.45) is 4.29. The van der Waals surface area contributed by atoms with Gasteiger partial charge in [0.2, 0.25) is 11.9 Å². The second-order valence-corrected chi connectivity index (χ2v) is 2.72. The molecule has 0 bridgehead atoms. The van der Waals surface area contributed by atoms with E-state index in [4.69, 9.17) is 17.3 Å². The fourth-order valence-corrected chi connectivity index (χ4v) is 0.860. The van der Waals surface area contributed by atoms with Gasteiger partial charge in [0.25, 0.3) is 0 Å².